The van der Waals surface area contributed by atoms with Crippen molar-refractivity contribution in [1.82, 2.24) is 4.98 Å². The Morgan fingerprint density at radius 1 is 0.943 bits per heavy atom. The second-order valence-electron chi connectivity index (χ2n) is 7.59. The van der Waals surface area contributed by atoms with Gasteiger partial charge in [0.15, 0.2) is 0 Å². The van der Waals surface area contributed by atoms with Crippen LogP contribution >= 0.6 is 11.8 Å². The third kappa shape index (κ3) is 6.64. The van der Waals surface area contributed by atoms with Crippen LogP contribution in [0.5, 0.6) is 11.5 Å². The number of benzene rings is 3. The fourth-order valence-electron chi connectivity index (χ4n) is 3.43. The molecule has 0 aliphatic rings. The number of rotatable bonds is 8. The Bertz CT molecular complexity index is 1310. The first-order chi connectivity index (χ1) is 16.9. The van der Waals surface area contributed by atoms with Crippen LogP contribution in [0.2, 0.25) is 0 Å². The van der Waals surface area contributed by atoms with E-state index in [2.05, 4.69) is 17.2 Å². The average Bonchev–Trinajstić information content (AvgIpc) is 2.81. The standard InChI is InChI=1S/C27H21F3N2O2S/c1-2-35-23-7-3-17(4-8-23)11-27(33)32-21-6-9-24(18-5-10-26(30)31-16-18)25(15-21)34-22-13-19(28)12-20(29)14-22/h3-10,12-16H,2,11H2,1H3,(H,32,33). The van der Waals surface area contributed by atoms with Crippen molar-refractivity contribution in [2.24, 2.45) is 0 Å². The van der Waals surface area contributed by atoms with Gasteiger partial charge in [0.25, 0.3) is 0 Å². The maximum absolute atomic E-state index is 13.7. The molecule has 1 heterocycles. The number of carbonyl (C=O) groups excluding carboxylic acids is 1. The smallest absolute Gasteiger partial charge is 0.228 e. The van der Waals surface area contributed by atoms with Gasteiger partial charge in [-0.25, -0.2) is 13.8 Å². The van der Waals surface area contributed by atoms with Crippen LogP contribution < -0.4 is 10.1 Å². The van der Waals surface area contributed by atoms with Gasteiger partial charge in [0.1, 0.15) is 23.1 Å². The second kappa shape index (κ2) is 11.1. The number of ether oxygens (including phenoxy) is 1. The van der Waals surface area contributed by atoms with Crippen molar-refractivity contribution in [2.75, 3.05) is 11.1 Å². The van der Waals surface area contributed by atoms with E-state index < -0.39 is 17.6 Å². The predicted molar refractivity (Wildman–Crippen MR) is 131 cm³/mol. The highest BCUT2D eigenvalue weighted by atomic mass is 32.2. The minimum Gasteiger partial charge on any atom is -0.456 e. The SMILES string of the molecule is CCSc1ccc(CC(=O)Nc2ccc(-c3ccc(F)nc3)c(Oc3cc(F)cc(F)c3)c2)cc1. The van der Waals surface area contributed by atoms with Gasteiger partial charge in [-0.3, -0.25) is 4.79 Å². The Morgan fingerprint density at radius 2 is 1.69 bits per heavy atom. The van der Waals surface area contributed by atoms with Crippen LogP contribution in [0.15, 0.2) is 83.9 Å². The molecule has 0 spiro atoms. The van der Waals surface area contributed by atoms with Gasteiger partial charge in [0.2, 0.25) is 11.9 Å². The zero-order chi connectivity index (χ0) is 24.8. The van der Waals surface area contributed by atoms with Gasteiger partial charge in [-0.2, -0.15) is 4.39 Å². The Balaban J connectivity index is 1.58. The number of pyridine rings is 1. The molecule has 0 radical (unpaired) electrons. The van der Waals surface area contributed by atoms with Crippen molar-refractivity contribution in [3.05, 3.63) is 102 Å². The lowest BCUT2D eigenvalue weighted by Gasteiger charge is -2.14. The second-order valence-corrected chi connectivity index (χ2v) is 8.93. The van der Waals surface area contributed by atoms with E-state index >= 15 is 0 Å². The van der Waals surface area contributed by atoms with Crippen molar-refractivity contribution in [2.45, 2.75) is 18.2 Å². The van der Waals surface area contributed by atoms with Crippen molar-refractivity contribution in [3.63, 3.8) is 0 Å². The molecule has 1 amide bonds. The molecule has 4 aromatic rings. The normalized spacial score (nSPS) is 10.7. The molecule has 1 N–H and O–H groups in total. The number of thioether (sulfide) groups is 1. The van der Waals surface area contributed by atoms with E-state index in [9.17, 15) is 18.0 Å². The summed E-state index contributed by atoms with van der Waals surface area (Å²) in [5.41, 5.74) is 2.33. The van der Waals surface area contributed by atoms with E-state index in [0.717, 1.165) is 34.4 Å². The first-order valence-electron chi connectivity index (χ1n) is 10.8. The number of nitrogens with one attached hydrogen (secondary N) is 1. The lowest BCUT2D eigenvalue weighted by molar-refractivity contribution is -0.115. The molecule has 0 fully saturated rings. The van der Waals surface area contributed by atoms with Gasteiger partial charge in [0.05, 0.1) is 6.42 Å². The van der Waals surface area contributed by atoms with Gasteiger partial charge < -0.3 is 10.1 Å². The Kier molecular flexibility index (Phi) is 7.72. The van der Waals surface area contributed by atoms with E-state index in [1.54, 1.807) is 30.0 Å². The number of amides is 1. The summed E-state index contributed by atoms with van der Waals surface area (Å²) >= 11 is 1.72. The van der Waals surface area contributed by atoms with Crippen molar-refractivity contribution >= 4 is 23.4 Å². The quantitative estimate of drug-likeness (QED) is 0.207. The minimum atomic E-state index is -0.794. The lowest BCUT2D eigenvalue weighted by Crippen LogP contribution is -2.14. The Labute approximate surface area is 205 Å². The molecule has 4 nitrogen and oxygen atoms in total. The van der Waals surface area contributed by atoms with Crippen LogP contribution in [0.1, 0.15) is 12.5 Å². The molecule has 4 rings (SSSR count). The van der Waals surface area contributed by atoms with Crippen LogP contribution in [-0.2, 0) is 11.2 Å². The molecule has 0 saturated heterocycles. The Hall–Kier alpha value is -3.78. The summed E-state index contributed by atoms with van der Waals surface area (Å²) in [5.74, 6) is -1.35. The van der Waals surface area contributed by atoms with E-state index in [0.29, 0.717) is 16.8 Å². The molecule has 0 unspecified atom stereocenters. The molecule has 0 bridgehead atoms. The summed E-state index contributed by atoms with van der Waals surface area (Å²) in [4.78, 5) is 17.4. The highest BCUT2D eigenvalue weighted by Crippen LogP contribution is 2.36. The minimum absolute atomic E-state index is 0.0627. The average molecular weight is 495 g/mol. The maximum atomic E-state index is 13.7. The third-order valence-electron chi connectivity index (χ3n) is 4.97. The van der Waals surface area contributed by atoms with Gasteiger partial charge in [-0.1, -0.05) is 19.1 Å². The number of aromatic nitrogens is 1. The largest absolute Gasteiger partial charge is 0.456 e. The molecule has 178 valence electrons. The summed E-state index contributed by atoms with van der Waals surface area (Å²) in [6, 6.07) is 18.2. The van der Waals surface area contributed by atoms with Crippen molar-refractivity contribution < 1.29 is 22.7 Å². The van der Waals surface area contributed by atoms with Gasteiger partial charge in [0, 0.05) is 52.2 Å². The molecule has 0 aliphatic carbocycles. The number of hydrogen-bond acceptors (Lipinski definition) is 4. The van der Waals surface area contributed by atoms with Crippen molar-refractivity contribution in [1.29, 1.82) is 0 Å². The summed E-state index contributed by atoms with van der Waals surface area (Å²) in [5, 5.41) is 2.82. The van der Waals surface area contributed by atoms with Crippen LogP contribution in [0.3, 0.4) is 0 Å². The van der Waals surface area contributed by atoms with Gasteiger partial charge in [-0.15, -0.1) is 11.8 Å². The number of halogens is 3. The zero-order valence-electron chi connectivity index (χ0n) is 18.7. The highest BCUT2D eigenvalue weighted by Gasteiger charge is 2.13. The molecule has 0 aliphatic heterocycles. The molecule has 0 saturated carbocycles. The maximum Gasteiger partial charge on any atom is 0.228 e. The fourth-order valence-corrected chi connectivity index (χ4v) is 4.10. The van der Waals surface area contributed by atoms with Crippen LogP contribution in [0.25, 0.3) is 11.1 Å². The van der Waals surface area contributed by atoms with Gasteiger partial charge in [-0.05, 0) is 47.7 Å². The summed E-state index contributed by atoms with van der Waals surface area (Å²) in [7, 11) is 0. The monoisotopic (exact) mass is 494 g/mol. The summed E-state index contributed by atoms with van der Waals surface area (Å²) in [6.45, 7) is 2.08. The zero-order valence-corrected chi connectivity index (χ0v) is 19.5. The van der Waals surface area contributed by atoms with Crippen LogP contribution in [0.4, 0.5) is 18.9 Å². The van der Waals surface area contributed by atoms with E-state index in [1.165, 1.54) is 18.3 Å². The van der Waals surface area contributed by atoms with Crippen LogP contribution in [0, 0.1) is 17.6 Å². The van der Waals surface area contributed by atoms with E-state index in [4.69, 9.17) is 4.74 Å². The fraction of sp³-hybridized carbons (Fsp3) is 0.111. The first-order valence-corrected chi connectivity index (χ1v) is 11.8. The molecular formula is C27H21F3N2O2S. The predicted octanol–water partition coefficient (Wildman–Crippen LogP) is 7.25. The molecule has 8 heteroatoms. The number of hydrogen-bond donors (Lipinski definition) is 1. The van der Waals surface area contributed by atoms with Crippen LogP contribution in [-0.4, -0.2) is 16.6 Å². The Morgan fingerprint density at radius 3 is 2.34 bits per heavy atom. The lowest BCUT2D eigenvalue weighted by atomic mass is 10.1. The molecule has 1 aromatic heterocycles. The third-order valence-corrected chi connectivity index (χ3v) is 5.86. The molecule has 35 heavy (non-hydrogen) atoms. The molecular weight excluding hydrogens is 473 g/mol. The molecule has 3 aromatic carbocycles. The first kappa shape index (κ1) is 24.3. The number of anilines is 1. The topological polar surface area (TPSA) is 51.2 Å². The highest BCUT2D eigenvalue weighted by molar-refractivity contribution is 7.99. The van der Waals surface area contributed by atoms with E-state index in [-0.39, 0.29) is 23.8 Å². The number of nitrogens with zero attached hydrogens (tertiary/aromatic N) is 1. The molecule has 0 atom stereocenters. The summed E-state index contributed by atoms with van der Waals surface area (Å²) in [6.07, 6.45) is 1.49. The van der Waals surface area contributed by atoms with Crippen molar-refractivity contribution in [3.8, 4) is 22.6 Å². The van der Waals surface area contributed by atoms with E-state index in [1.807, 2.05) is 24.3 Å². The number of carbonyl (C=O) groups is 1. The summed E-state index contributed by atoms with van der Waals surface area (Å²) < 4.78 is 46.5. The van der Waals surface area contributed by atoms with Gasteiger partial charge >= 0.3 is 0 Å².